The van der Waals surface area contributed by atoms with Gasteiger partial charge in [0.1, 0.15) is 10.9 Å². The molecule has 0 bridgehead atoms. The van der Waals surface area contributed by atoms with E-state index in [2.05, 4.69) is 20.9 Å². The van der Waals surface area contributed by atoms with E-state index >= 15 is 0 Å². The predicted molar refractivity (Wildman–Crippen MR) is 124 cm³/mol. The fourth-order valence-electron chi connectivity index (χ4n) is 5.51. The van der Waals surface area contributed by atoms with Gasteiger partial charge in [-0.2, -0.15) is 0 Å². The van der Waals surface area contributed by atoms with Gasteiger partial charge in [0.2, 0.25) is 5.88 Å². The molecule has 0 amide bonds. The van der Waals surface area contributed by atoms with Crippen LogP contribution in [0, 0.1) is 5.92 Å². The predicted octanol–water partition coefficient (Wildman–Crippen LogP) is 3.71. The summed E-state index contributed by atoms with van der Waals surface area (Å²) in [5, 5.41) is 24.3. The van der Waals surface area contributed by atoms with Crippen molar-refractivity contribution in [1.82, 2.24) is 4.98 Å². The van der Waals surface area contributed by atoms with Gasteiger partial charge in [-0.3, -0.25) is 0 Å². The number of ether oxygens (including phenoxy) is 2. The topological polar surface area (TPSA) is 97.8 Å². The second-order valence-corrected chi connectivity index (χ2v) is 9.47. The van der Waals surface area contributed by atoms with Crippen molar-refractivity contribution in [2.45, 2.75) is 23.2 Å². The average molecular weight is 518 g/mol. The number of hydrogen-bond donors (Lipinski definition) is 3. The fraction of sp³-hybridized carbons (Fsp3) is 0.292. The van der Waals surface area contributed by atoms with Crippen LogP contribution in [0.25, 0.3) is 0 Å². The first-order chi connectivity index (χ1) is 15.4. The van der Waals surface area contributed by atoms with Gasteiger partial charge in [0.25, 0.3) is 0 Å². The molecule has 0 spiro atoms. The van der Waals surface area contributed by atoms with Crippen molar-refractivity contribution in [3.63, 3.8) is 0 Å². The third-order valence-electron chi connectivity index (χ3n) is 6.73. The molecule has 6 nitrogen and oxygen atoms in total. The lowest BCUT2D eigenvalue weighted by atomic mass is 9.71. The summed E-state index contributed by atoms with van der Waals surface area (Å²) >= 11 is 9.70. The first-order valence-electron chi connectivity index (χ1n) is 10.2. The Morgan fingerprint density at radius 2 is 1.88 bits per heavy atom. The standard InChI is InChI=1S/C24H22BrClN2O4/c1-31-22-20-17(11-18(26)28-22)32-24(14-7-9-15(25)10-8-14)19(13-5-3-2-4-6-13)16(12-27)21(29)23(20,24)30/h2-11,16,19,21,29-30H,12,27H2,1H3. The summed E-state index contributed by atoms with van der Waals surface area (Å²) in [7, 11) is 1.44. The Hall–Kier alpha value is -2.16. The zero-order valence-corrected chi connectivity index (χ0v) is 19.5. The van der Waals surface area contributed by atoms with Crippen LogP contribution < -0.4 is 15.2 Å². The van der Waals surface area contributed by atoms with Crippen LogP contribution in [0.1, 0.15) is 22.6 Å². The lowest BCUT2D eigenvalue weighted by Gasteiger charge is -2.40. The molecule has 1 aliphatic carbocycles. The zero-order chi connectivity index (χ0) is 22.7. The molecule has 166 valence electrons. The molecule has 5 atom stereocenters. The fourth-order valence-corrected chi connectivity index (χ4v) is 5.95. The highest BCUT2D eigenvalue weighted by Crippen LogP contribution is 2.69. The minimum absolute atomic E-state index is 0.109. The van der Waals surface area contributed by atoms with Crippen molar-refractivity contribution in [3.05, 3.63) is 87.0 Å². The van der Waals surface area contributed by atoms with Crippen molar-refractivity contribution in [2.24, 2.45) is 11.7 Å². The molecule has 3 aromatic rings. The lowest BCUT2D eigenvalue weighted by molar-refractivity contribution is -0.152. The molecule has 8 heteroatoms. The summed E-state index contributed by atoms with van der Waals surface area (Å²) in [6, 6.07) is 18.7. The number of aliphatic hydroxyl groups is 2. The number of aromatic nitrogens is 1. The summed E-state index contributed by atoms with van der Waals surface area (Å²) in [6.45, 7) is 0.142. The van der Waals surface area contributed by atoms with Crippen LogP contribution in [0.3, 0.4) is 0 Å². The smallest absolute Gasteiger partial charge is 0.224 e. The van der Waals surface area contributed by atoms with Gasteiger partial charge in [-0.25, -0.2) is 4.98 Å². The summed E-state index contributed by atoms with van der Waals surface area (Å²) in [4.78, 5) is 4.24. The number of aliphatic hydroxyl groups excluding tert-OH is 1. The molecule has 2 aliphatic rings. The van der Waals surface area contributed by atoms with Gasteiger partial charge in [0, 0.05) is 22.4 Å². The van der Waals surface area contributed by atoms with E-state index in [1.165, 1.54) is 7.11 Å². The maximum Gasteiger partial charge on any atom is 0.224 e. The van der Waals surface area contributed by atoms with Gasteiger partial charge in [-0.15, -0.1) is 0 Å². The van der Waals surface area contributed by atoms with Crippen molar-refractivity contribution in [1.29, 1.82) is 0 Å². The Balaban J connectivity index is 1.88. The third kappa shape index (κ3) is 2.72. The van der Waals surface area contributed by atoms with Crippen molar-refractivity contribution in [2.75, 3.05) is 13.7 Å². The van der Waals surface area contributed by atoms with Gasteiger partial charge in [-0.1, -0.05) is 70.0 Å². The maximum absolute atomic E-state index is 12.5. The Morgan fingerprint density at radius 1 is 1.19 bits per heavy atom. The summed E-state index contributed by atoms with van der Waals surface area (Å²) < 4.78 is 13.0. The van der Waals surface area contributed by atoms with Gasteiger partial charge < -0.3 is 25.4 Å². The van der Waals surface area contributed by atoms with Crippen LogP contribution in [0.15, 0.2) is 65.1 Å². The normalized spacial score (nSPS) is 30.5. The second-order valence-electron chi connectivity index (χ2n) is 8.17. The molecule has 5 unspecified atom stereocenters. The average Bonchev–Trinajstić information content (AvgIpc) is 3.17. The number of rotatable bonds is 4. The Kier molecular flexibility index (Phi) is 5.22. The molecule has 5 rings (SSSR count). The summed E-state index contributed by atoms with van der Waals surface area (Å²) in [5.41, 5.74) is 4.78. The molecule has 32 heavy (non-hydrogen) atoms. The first-order valence-corrected chi connectivity index (χ1v) is 11.4. The van der Waals surface area contributed by atoms with Crippen LogP contribution in [-0.2, 0) is 11.2 Å². The second kappa shape index (κ2) is 7.71. The van der Waals surface area contributed by atoms with Crippen LogP contribution in [0.2, 0.25) is 5.15 Å². The number of methoxy groups -OCH3 is 1. The zero-order valence-electron chi connectivity index (χ0n) is 17.2. The maximum atomic E-state index is 12.5. The number of halogens is 2. The van der Waals surface area contributed by atoms with Gasteiger partial charge in [-0.05, 0) is 29.8 Å². The van der Waals surface area contributed by atoms with E-state index in [1.54, 1.807) is 6.07 Å². The van der Waals surface area contributed by atoms with Gasteiger partial charge >= 0.3 is 0 Å². The molecule has 2 aromatic carbocycles. The van der Waals surface area contributed by atoms with Gasteiger partial charge in [0.05, 0.1) is 18.8 Å². The first kappa shape index (κ1) is 21.7. The lowest BCUT2D eigenvalue weighted by Crippen LogP contribution is -2.52. The minimum Gasteiger partial charge on any atom is -0.481 e. The molecule has 1 aliphatic heterocycles. The Bertz CT molecular complexity index is 1160. The Morgan fingerprint density at radius 3 is 2.50 bits per heavy atom. The molecular weight excluding hydrogens is 496 g/mol. The molecule has 1 aromatic heterocycles. The number of pyridine rings is 1. The molecule has 4 N–H and O–H groups in total. The highest BCUT2D eigenvalue weighted by atomic mass is 79.9. The van der Waals surface area contributed by atoms with E-state index in [1.807, 2.05) is 54.6 Å². The minimum atomic E-state index is -1.89. The summed E-state index contributed by atoms with van der Waals surface area (Å²) in [6.07, 6.45) is -1.25. The molecule has 0 radical (unpaired) electrons. The largest absolute Gasteiger partial charge is 0.481 e. The molecule has 0 saturated heterocycles. The number of nitrogens with two attached hydrogens (primary N) is 1. The monoisotopic (exact) mass is 516 g/mol. The van der Waals surface area contributed by atoms with Crippen molar-refractivity contribution < 1.29 is 19.7 Å². The molecule has 2 heterocycles. The summed E-state index contributed by atoms with van der Waals surface area (Å²) in [5.74, 6) is -0.537. The van der Waals surface area contributed by atoms with Gasteiger partial charge in [0.15, 0.2) is 11.2 Å². The number of nitrogens with zero attached hydrogens (tertiary/aromatic N) is 1. The highest BCUT2D eigenvalue weighted by Gasteiger charge is 2.76. The Labute approximate surface area is 199 Å². The van der Waals surface area contributed by atoms with E-state index in [0.29, 0.717) is 11.3 Å². The van der Waals surface area contributed by atoms with Crippen LogP contribution in [0.4, 0.5) is 0 Å². The third-order valence-corrected chi connectivity index (χ3v) is 7.46. The van der Waals surface area contributed by atoms with E-state index in [4.69, 9.17) is 26.8 Å². The SMILES string of the molecule is COc1nc(Cl)cc2c1C1(O)C(O)C(CN)C(c3ccccc3)C1(c1ccc(Br)cc1)O2. The molecule has 1 fully saturated rings. The van der Waals surface area contributed by atoms with E-state index < -0.39 is 29.1 Å². The van der Waals surface area contributed by atoms with E-state index in [-0.39, 0.29) is 23.1 Å². The van der Waals surface area contributed by atoms with Crippen LogP contribution >= 0.6 is 27.5 Å². The quantitative estimate of drug-likeness (QED) is 0.457. The number of benzene rings is 2. The van der Waals surface area contributed by atoms with E-state index in [9.17, 15) is 10.2 Å². The molecular formula is C24H22BrClN2O4. The molecule has 1 saturated carbocycles. The van der Waals surface area contributed by atoms with Crippen molar-refractivity contribution >= 4 is 27.5 Å². The van der Waals surface area contributed by atoms with Crippen LogP contribution in [-0.4, -0.2) is 35.0 Å². The highest BCUT2D eigenvalue weighted by molar-refractivity contribution is 9.10. The number of hydrogen-bond acceptors (Lipinski definition) is 6. The van der Waals surface area contributed by atoms with E-state index in [0.717, 1.165) is 10.0 Å². The number of fused-ring (bicyclic) bond motifs is 3. The van der Waals surface area contributed by atoms with Crippen molar-refractivity contribution in [3.8, 4) is 11.6 Å². The van der Waals surface area contributed by atoms with Crippen LogP contribution in [0.5, 0.6) is 11.6 Å².